The van der Waals surface area contributed by atoms with Crippen molar-refractivity contribution in [3.63, 3.8) is 0 Å². The minimum atomic E-state index is 0.0151. The summed E-state index contributed by atoms with van der Waals surface area (Å²) in [6.07, 6.45) is 0.964. The molecule has 1 saturated carbocycles. The predicted octanol–water partition coefficient (Wildman–Crippen LogP) is 1.33. The minimum Gasteiger partial charge on any atom is -0.339 e. The molecule has 0 radical (unpaired) electrons. The zero-order valence-electron chi connectivity index (χ0n) is 12.8. The van der Waals surface area contributed by atoms with E-state index in [4.69, 9.17) is 0 Å². The van der Waals surface area contributed by atoms with Crippen LogP contribution in [0, 0.1) is 12.8 Å². The highest BCUT2D eigenvalue weighted by Gasteiger charge is 2.48. The van der Waals surface area contributed by atoms with Gasteiger partial charge in [0.05, 0.1) is 6.04 Å². The van der Waals surface area contributed by atoms with E-state index < -0.39 is 0 Å². The quantitative estimate of drug-likeness (QED) is 0.896. The molecule has 4 rings (SSSR count). The van der Waals surface area contributed by atoms with Crippen LogP contribution in [0.2, 0.25) is 0 Å². The summed E-state index contributed by atoms with van der Waals surface area (Å²) in [5, 5.41) is 2.86. The molecular weight excluding hydrogens is 278 g/mol. The summed E-state index contributed by atoms with van der Waals surface area (Å²) in [5.74, 6) is 0.792. The van der Waals surface area contributed by atoms with Crippen molar-refractivity contribution in [3.8, 4) is 0 Å². The molecule has 1 N–H and O–H groups in total. The number of amides is 3. The number of piperazine rings is 1. The van der Waals surface area contributed by atoms with Gasteiger partial charge in [0.2, 0.25) is 5.91 Å². The number of carbonyl (C=O) groups is 2. The van der Waals surface area contributed by atoms with Gasteiger partial charge in [0.25, 0.3) is 0 Å². The van der Waals surface area contributed by atoms with Crippen molar-refractivity contribution in [3.05, 3.63) is 35.4 Å². The first kappa shape index (κ1) is 13.6. The van der Waals surface area contributed by atoms with E-state index in [0.29, 0.717) is 32.1 Å². The van der Waals surface area contributed by atoms with Crippen LogP contribution >= 0.6 is 0 Å². The lowest BCUT2D eigenvalue weighted by Crippen LogP contribution is -2.54. The number of carbonyl (C=O) groups excluding carboxylic acids is 2. The Kier molecular flexibility index (Phi) is 3.10. The molecule has 5 nitrogen and oxygen atoms in total. The van der Waals surface area contributed by atoms with Gasteiger partial charge in [-0.2, -0.15) is 0 Å². The molecule has 0 bridgehead atoms. The van der Waals surface area contributed by atoms with Crippen LogP contribution < -0.4 is 5.32 Å². The average molecular weight is 299 g/mol. The molecule has 2 saturated heterocycles. The standard InChI is InChI=1S/C17H21N3O2/c1-11-4-2-3-5-13(11)14-8-15(14)16(21)19-6-7-20-12(10-19)9-18-17(20)22/h2-5,12,14-15H,6-10H2,1H3,(H,18,22). The molecule has 2 heterocycles. The molecule has 116 valence electrons. The van der Waals surface area contributed by atoms with Crippen molar-refractivity contribution in [2.24, 2.45) is 5.92 Å². The van der Waals surface area contributed by atoms with Crippen LogP contribution in [0.15, 0.2) is 24.3 Å². The van der Waals surface area contributed by atoms with Gasteiger partial charge in [0.1, 0.15) is 0 Å². The largest absolute Gasteiger partial charge is 0.339 e. The lowest BCUT2D eigenvalue weighted by Gasteiger charge is -2.36. The fourth-order valence-corrected chi connectivity index (χ4v) is 3.85. The van der Waals surface area contributed by atoms with Gasteiger partial charge < -0.3 is 15.1 Å². The Morgan fingerprint density at radius 3 is 2.91 bits per heavy atom. The van der Waals surface area contributed by atoms with Gasteiger partial charge in [0.15, 0.2) is 0 Å². The second-order valence-corrected chi connectivity index (χ2v) is 6.62. The molecule has 1 aromatic rings. The maximum Gasteiger partial charge on any atom is 0.317 e. The van der Waals surface area contributed by atoms with Crippen LogP contribution in [0.4, 0.5) is 4.79 Å². The zero-order valence-corrected chi connectivity index (χ0v) is 12.8. The van der Waals surface area contributed by atoms with Gasteiger partial charge in [0, 0.05) is 32.1 Å². The number of urea groups is 1. The number of benzene rings is 1. The SMILES string of the molecule is Cc1ccccc1C1CC1C(=O)N1CCN2C(=O)NCC2C1. The van der Waals surface area contributed by atoms with Gasteiger partial charge in [-0.15, -0.1) is 0 Å². The van der Waals surface area contributed by atoms with E-state index in [1.54, 1.807) is 0 Å². The van der Waals surface area contributed by atoms with E-state index in [9.17, 15) is 9.59 Å². The molecule has 0 spiro atoms. The van der Waals surface area contributed by atoms with E-state index in [1.807, 2.05) is 15.9 Å². The van der Waals surface area contributed by atoms with E-state index in [1.165, 1.54) is 11.1 Å². The normalized spacial score (nSPS) is 30.0. The zero-order chi connectivity index (χ0) is 15.3. The van der Waals surface area contributed by atoms with Crippen LogP contribution in [0.5, 0.6) is 0 Å². The van der Waals surface area contributed by atoms with Gasteiger partial charge >= 0.3 is 6.03 Å². The summed E-state index contributed by atoms with van der Waals surface area (Å²) in [6.45, 7) is 4.77. The minimum absolute atomic E-state index is 0.0151. The van der Waals surface area contributed by atoms with E-state index in [0.717, 1.165) is 6.42 Å². The molecule has 1 aliphatic carbocycles. The molecule has 3 atom stereocenters. The first-order valence-corrected chi connectivity index (χ1v) is 8.04. The fraction of sp³-hybridized carbons (Fsp3) is 0.529. The second kappa shape index (κ2) is 5.00. The molecule has 1 aromatic carbocycles. The fourth-order valence-electron chi connectivity index (χ4n) is 3.85. The average Bonchev–Trinajstić information content (AvgIpc) is 3.24. The third kappa shape index (κ3) is 2.16. The van der Waals surface area contributed by atoms with Crippen molar-refractivity contribution >= 4 is 11.9 Å². The van der Waals surface area contributed by atoms with Crippen LogP contribution in [0.1, 0.15) is 23.5 Å². The summed E-state index contributed by atoms with van der Waals surface area (Å²) >= 11 is 0. The Labute approximate surface area is 130 Å². The Balaban J connectivity index is 1.42. The Morgan fingerprint density at radius 2 is 2.09 bits per heavy atom. The third-order valence-corrected chi connectivity index (χ3v) is 5.24. The van der Waals surface area contributed by atoms with Crippen molar-refractivity contribution < 1.29 is 9.59 Å². The number of hydrogen-bond acceptors (Lipinski definition) is 2. The molecular formula is C17H21N3O2. The van der Waals surface area contributed by atoms with Gasteiger partial charge in [-0.25, -0.2) is 4.79 Å². The lowest BCUT2D eigenvalue weighted by molar-refractivity contribution is -0.134. The van der Waals surface area contributed by atoms with Crippen LogP contribution in [0.25, 0.3) is 0 Å². The second-order valence-electron chi connectivity index (χ2n) is 6.62. The van der Waals surface area contributed by atoms with Crippen LogP contribution in [0.3, 0.4) is 0 Å². The van der Waals surface area contributed by atoms with Crippen molar-refractivity contribution in [2.45, 2.75) is 25.3 Å². The molecule has 5 heteroatoms. The molecule has 22 heavy (non-hydrogen) atoms. The summed E-state index contributed by atoms with van der Waals surface area (Å²) in [6, 6.07) is 8.52. The van der Waals surface area contributed by atoms with E-state index >= 15 is 0 Å². The molecule has 3 amide bonds. The monoisotopic (exact) mass is 299 g/mol. The van der Waals surface area contributed by atoms with Crippen molar-refractivity contribution in [1.29, 1.82) is 0 Å². The van der Waals surface area contributed by atoms with E-state index in [-0.39, 0.29) is 23.9 Å². The molecule has 3 aliphatic rings. The van der Waals surface area contributed by atoms with Crippen molar-refractivity contribution in [2.75, 3.05) is 26.2 Å². The molecule has 2 aliphatic heterocycles. The number of hydrogen-bond donors (Lipinski definition) is 1. The first-order chi connectivity index (χ1) is 10.6. The van der Waals surface area contributed by atoms with Crippen molar-refractivity contribution in [1.82, 2.24) is 15.1 Å². The molecule has 3 unspecified atom stereocenters. The Bertz CT molecular complexity index is 630. The Morgan fingerprint density at radius 1 is 1.27 bits per heavy atom. The first-order valence-electron chi connectivity index (χ1n) is 8.04. The summed E-state index contributed by atoms with van der Waals surface area (Å²) in [4.78, 5) is 28.2. The van der Waals surface area contributed by atoms with Crippen LogP contribution in [-0.4, -0.2) is 54.0 Å². The summed E-state index contributed by atoms with van der Waals surface area (Å²) in [7, 11) is 0. The maximum atomic E-state index is 12.7. The van der Waals surface area contributed by atoms with E-state index in [2.05, 4.69) is 30.4 Å². The van der Waals surface area contributed by atoms with Gasteiger partial charge in [-0.3, -0.25) is 4.79 Å². The number of aryl methyl sites for hydroxylation is 1. The number of nitrogens with zero attached hydrogens (tertiary/aromatic N) is 2. The molecule has 0 aromatic heterocycles. The highest BCUT2D eigenvalue weighted by molar-refractivity contribution is 5.84. The topological polar surface area (TPSA) is 52.7 Å². The van der Waals surface area contributed by atoms with Gasteiger partial charge in [-0.05, 0) is 30.4 Å². The maximum absolute atomic E-state index is 12.7. The highest BCUT2D eigenvalue weighted by Crippen LogP contribution is 2.49. The third-order valence-electron chi connectivity index (χ3n) is 5.24. The molecule has 3 fully saturated rings. The van der Waals surface area contributed by atoms with Crippen LogP contribution in [-0.2, 0) is 4.79 Å². The number of fused-ring (bicyclic) bond motifs is 1. The smallest absolute Gasteiger partial charge is 0.317 e. The Hall–Kier alpha value is -2.04. The lowest BCUT2D eigenvalue weighted by atomic mass is 10.0. The highest BCUT2D eigenvalue weighted by atomic mass is 16.2. The van der Waals surface area contributed by atoms with Gasteiger partial charge in [-0.1, -0.05) is 24.3 Å². The summed E-state index contributed by atoms with van der Waals surface area (Å²) in [5.41, 5.74) is 2.59. The number of nitrogens with one attached hydrogen (secondary N) is 1. The summed E-state index contributed by atoms with van der Waals surface area (Å²) < 4.78 is 0. The number of rotatable bonds is 2. The predicted molar refractivity (Wildman–Crippen MR) is 82.5 cm³/mol.